The van der Waals surface area contributed by atoms with Crippen molar-refractivity contribution in [2.45, 2.75) is 33.7 Å². The fourth-order valence-electron chi connectivity index (χ4n) is 3.87. The molecule has 0 amide bonds. The first-order valence-corrected chi connectivity index (χ1v) is 9.30. The normalized spacial score (nSPS) is 12.3. The third-order valence-electron chi connectivity index (χ3n) is 5.07. The van der Waals surface area contributed by atoms with Gasteiger partial charge in [0.2, 0.25) is 5.78 Å². The maximum atomic E-state index is 12.7. The average molecular weight is 382 g/mol. The number of esters is 1. The average Bonchev–Trinajstić information content (AvgIpc) is 3.15. The van der Waals surface area contributed by atoms with Gasteiger partial charge in [-0.05, 0) is 39.8 Å². The monoisotopic (exact) mass is 382 g/mol. The minimum absolute atomic E-state index is 0.114. The second-order valence-electron chi connectivity index (χ2n) is 7.13. The van der Waals surface area contributed by atoms with Crippen LogP contribution in [0.25, 0.3) is 10.9 Å². The quantitative estimate of drug-likeness (QED) is 0.492. The minimum atomic E-state index is -0.496. The lowest BCUT2D eigenvalue weighted by atomic mass is 10.1. The van der Waals surface area contributed by atoms with Crippen LogP contribution >= 0.6 is 0 Å². The predicted molar refractivity (Wildman–Crippen MR) is 108 cm³/mol. The summed E-state index contributed by atoms with van der Waals surface area (Å²) >= 11 is 0. The van der Waals surface area contributed by atoms with Crippen molar-refractivity contribution >= 4 is 22.7 Å². The van der Waals surface area contributed by atoms with Crippen molar-refractivity contribution in [2.75, 3.05) is 20.3 Å². The van der Waals surface area contributed by atoms with E-state index in [1.807, 2.05) is 58.0 Å². The smallest absolute Gasteiger partial charge is 0.341 e. The van der Waals surface area contributed by atoms with Crippen LogP contribution in [0.2, 0.25) is 0 Å². The van der Waals surface area contributed by atoms with Gasteiger partial charge < -0.3 is 19.0 Å². The number of Topliss-reactive ketones (excluding diaryl/α,β-unsaturated/α-hetero) is 1. The van der Waals surface area contributed by atoms with Crippen molar-refractivity contribution in [3.63, 3.8) is 0 Å². The van der Waals surface area contributed by atoms with Crippen molar-refractivity contribution in [3.05, 3.63) is 58.5 Å². The molecule has 1 unspecified atom stereocenters. The lowest BCUT2D eigenvalue weighted by Gasteiger charge is -2.17. The van der Waals surface area contributed by atoms with Crippen LogP contribution in [0.1, 0.15) is 50.8 Å². The number of hydrogen-bond donors (Lipinski definition) is 1. The number of rotatable bonds is 7. The molecule has 1 N–H and O–H groups in total. The molecule has 6 heteroatoms. The number of aryl methyl sites for hydroxylation is 2. The number of ketones is 1. The highest BCUT2D eigenvalue weighted by Crippen LogP contribution is 2.24. The number of H-pyrrole nitrogens is 1. The van der Waals surface area contributed by atoms with Gasteiger partial charge in [-0.2, -0.15) is 0 Å². The molecule has 0 saturated heterocycles. The van der Waals surface area contributed by atoms with Gasteiger partial charge in [-0.15, -0.1) is 0 Å². The van der Waals surface area contributed by atoms with Crippen LogP contribution < -0.4 is 0 Å². The Kier molecular flexibility index (Phi) is 5.70. The van der Waals surface area contributed by atoms with Gasteiger partial charge in [-0.1, -0.05) is 18.2 Å². The van der Waals surface area contributed by atoms with E-state index in [9.17, 15) is 9.59 Å². The first-order valence-electron chi connectivity index (χ1n) is 9.30. The maximum absolute atomic E-state index is 12.7. The molecule has 0 radical (unpaired) electrons. The molecule has 3 rings (SSSR count). The molecule has 0 bridgehead atoms. The maximum Gasteiger partial charge on any atom is 0.341 e. The zero-order chi connectivity index (χ0) is 20.4. The number of carbonyl (C=O) groups is 2. The summed E-state index contributed by atoms with van der Waals surface area (Å²) in [6.07, 6.45) is 0. The number of aromatic nitrogens is 2. The van der Waals surface area contributed by atoms with Crippen LogP contribution in [-0.4, -0.2) is 41.6 Å². The molecule has 0 aliphatic rings. The van der Waals surface area contributed by atoms with Crippen LogP contribution in [0.5, 0.6) is 0 Å². The second kappa shape index (κ2) is 8.02. The Balaban J connectivity index is 1.76. The van der Waals surface area contributed by atoms with Crippen molar-refractivity contribution in [1.29, 1.82) is 0 Å². The van der Waals surface area contributed by atoms with Gasteiger partial charge in [0.05, 0.1) is 18.2 Å². The number of benzene rings is 1. The standard InChI is InChI=1S/C22H26N2O4/c1-13-10-18(16(4)24(13)14(2)11-27-5)20(25)12-28-22(26)21-15(3)23-19-9-7-6-8-17(19)21/h6-10,14,23H,11-12H2,1-5H3. The highest BCUT2D eigenvalue weighted by atomic mass is 16.5. The first-order chi connectivity index (χ1) is 13.3. The summed E-state index contributed by atoms with van der Waals surface area (Å²) in [6.45, 7) is 7.98. The zero-order valence-corrected chi connectivity index (χ0v) is 17.0. The molecule has 2 aromatic heterocycles. The molecular weight excluding hydrogens is 356 g/mol. The number of nitrogens with zero attached hydrogens (tertiary/aromatic N) is 1. The highest BCUT2D eigenvalue weighted by Gasteiger charge is 2.22. The van der Waals surface area contributed by atoms with Gasteiger partial charge in [0.1, 0.15) is 0 Å². The van der Waals surface area contributed by atoms with Crippen molar-refractivity contribution in [2.24, 2.45) is 0 Å². The molecule has 6 nitrogen and oxygen atoms in total. The van der Waals surface area contributed by atoms with E-state index < -0.39 is 5.97 Å². The molecule has 0 aliphatic heterocycles. The van der Waals surface area contributed by atoms with E-state index in [4.69, 9.17) is 9.47 Å². The van der Waals surface area contributed by atoms with E-state index in [1.54, 1.807) is 7.11 Å². The Bertz CT molecular complexity index is 1030. The number of methoxy groups -OCH3 is 1. The Labute approximate surface area is 164 Å². The zero-order valence-electron chi connectivity index (χ0n) is 17.0. The molecule has 148 valence electrons. The second-order valence-corrected chi connectivity index (χ2v) is 7.13. The molecule has 0 spiro atoms. The molecule has 0 saturated carbocycles. The van der Waals surface area contributed by atoms with Gasteiger partial charge in [0.25, 0.3) is 0 Å². The summed E-state index contributed by atoms with van der Waals surface area (Å²) in [5, 5.41) is 0.795. The molecule has 2 heterocycles. The van der Waals surface area contributed by atoms with E-state index in [1.165, 1.54) is 0 Å². The van der Waals surface area contributed by atoms with Crippen molar-refractivity contribution in [1.82, 2.24) is 9.55 Å². The summed E-state index contributed by atoms with van der Waals surface area (Å²) in [5.41, 5.74) is 4.47. The van der Waals surface area contributed by atoms with E-state index in [0.717, 1.165) is 28.0 Å². The van der Waals surface area contributed by atoms with Gasteiger partial charge in [0.15, 0.2) is 6.61 Å². The number of ether oxygens (including phenoxy) is 2. The number of para-hydroxylation sites is 1. The number of fused-ring (bicyclic) bond motifs is 1. The number of carbonyl (C=O) groups excluding carboxylic acids is 2. The summed E-state index contributed by atoms with van der Waals surface area (Å²) in [5.74, 6) is -0.709. The van der Waals surface area contributed by atoms with E-state index >= 15 is 0 Å². The van der Waals surface area contributed by atoms with E-state index in [2.05, 4.69) is 9.55 Å². The fraction of sp³-hybridized carbons (Fsp3) is 0.364. The van der Waals surface area contributed by atoms with E-state index in [-0.39, 0.29) is 18.4 Å². The van der Waals surface area contributed by atoms with Crippen LogP contribution in [0.15, 0.2) is 30.3 Å². The van der Waals surface area contributed by atoms with Crippen molar-refractivity contribution < 1.29 is 19.1 Å². The molecule has 3 aromatic rings. The predicted octanol–water partition coefficient (Wildman–Crippen LogP) is 4.14. The lowest BCUT2D eigenvalue weighted by molar-refractivity contribution is 0.0475. The van der Waals surface area contributed by atoms with Gasteiger partial charge >= 0.3 is 5.97 Å². The number of nitrogens with one attached hydrogen (secondary N) is 1. The Morgan fingerprint density at radius 2 is 1.89 bits per heavy atom. The summed E-state index contributed by atoms with van der Waals surface area (Å²) < 4.78 is 12.7. The number of hydrogen-bond acceptors (Lipinski definition) is 4. The lowest BCUT2D eigenvalue weighted by Crippen LogP contribution is -2.17. The fourth-order valence-corrected chi connectivity index (χ4v) is 3.87. The molecule has 28 heavy (non-hydrogen) atoms. The minimum Gasteiger partial charge on any atom is -0.454 e. The molecule has 0 fully saturated rings. The Hall–Kier alpha value is -2.86. The van der Waals surface area contributed by atoms with Crippen LogP contribution in [0.3, 0.4) is 0 Å². The van der Waals surface area contributed by atoms with Gasteiger partial charge in [-0.25, -0.2) is 4.79 Å². The van der Waals surface area contributed by atoms with Gasteiger partial charge in [-0.3, -0.25) is 4.79 Å². The van der Waals surface area contributed by atoms with Gasteiger partial charge in [0, 0.05) is 40.7 Å². The SMILES string of the molecule is COCC(C)n1c(C)cc(C(=O)COC(=O)c2c(C)[nH]c3ccccc23)c1C. The topological polar surface area (TPSA) is 73.3 Å². The Morgan fingerprint density at radius 1 is 1.18 bits per heavy atom. The summed E-state index contributed by atoms with van der Waals surface area (Å²) in [6, 6.07) is 9.49. The largest absolute Gasteiger partial charge is 0.454 e. The highest BCUT2D eigenvalue weighted by molar-refractivity contribution is 6.07. The van der Waals surface area contributed by atoms with E-state index in [0.29, 0.717) is 17.7 Å². The molecule has 0 aliphatic carbocycles. The Morgan fingerprint density at radius 3 is 2.61 bits per heavy atom. The first kappa shape index (κ1) is 19.9. The summed E-state index contributed by atoms with van der Waals surface area (Å²) in [4.78, 5) is 28.5. The van der Waals surface area contributed by atoms with Crippen molar-refractivity contribution in [3.8, 4) is 0 Å². The molecular formula is C22H26N2O4. The molecule has 1 aromatic carbocycles. The third kappa shape index (κ3) is 3.60. The van der Waals surface area contributed by atoms with Crippen LogP contribution in [-0.2, 0) is 9.47 Å². The van der Waals surface area contributed by atoms with Crippen LogP contribution in [0, 0.1) is 20.8 Å². The molecule has 1 atom stereocenters. The third-order valence-corrected chi connectivity index (χ3v) is 5.07. The number of aromatic amines is 1. The summed E-state index contributed by atoms with van der Waals surface area (Å²) in [7, 11) is 1.66. The van der Waals surface area contributed by atoms with Crippen LogP contribution in [0.4, 0.5) is 0 Å².